The summed E-state index contributed by atoms with van der Waals surface area (Å²) in [5.74, 6) is 6.80. The van der Waals surface area contributed by atoms with Crippen molar-refractivity contribution in [2.45, 2.75) is 26.8 Å². The van der Waals surface area contributed by atoms with Gasteiger partial charge in [-0.15, -0.1) is 11.3 Å². The molecular weight excluding hydrogens is 232 g/mol. The minimum absolute atomic E-state index is 0.275. The zero-order valence-electron chi connectivity index (χ0n) is 11.0. The van der Waals surface area contributed by atoms with Gasteiger partial charge in [0.15, 0.2) is 0 Å². The summed E-state index contributed by atoms with van der Waals surface area (Å²) in [6.07, 6.45) is 0. The minimum Gasteiger partial charge on any atom is -0.337 e. The summed E-state index contributed by atoms with van der Waals surface area (Å²) in [7, 11) is 2.00. The van der Waals surface area contributed by atoms with Crippen molar-refractivity contribution in [3.63, 3.8) is 0 Å². The molecule has 1 heterocycles. The van der Waals surface area contributed by atoms with Crippen molar-refractivity contribution >= 4 is 17.3 Å². The summed E-state index contributed by atoms with van der Waals surface area (Å²) in [4.78, 5) is 7.85. The van der Waals surface area contributed by atoms with Crippen LogP contribution < -0.4 is 11.3 Å². The van der Waals surface area contributed by atoms with Gasteiger partial charge in [-0.2, -0.15) is 0 Å². The van der Waals surface area contributed by atoms with E-state index in [4.69, 9.17) is 5.84 Å². The summed E-state index contributed by atoms with van der Waals surface area (Å²) < 4.78 is 0. The van der Waals surface area contributed by atoms with Crippen LogP contribution in [0.2, 0.25) is 0 Å². The highest BCUT2D eigenvalue weighted by Gasteiger charge is 2.15. The number of nitrogens with one attached hydrogen (secondary N) is 1. The van der Waals surface area contributed by atoms with E-state index in [1.165, 1.54) is 4.88 Å². The maximum absolute atomic E-state index is 5.53. The number of hydrogen-bond donors (Lipinski definition) is 2. The van der Waals surface area contributed by atoms with Crippen molar-refractivity contribution in [3.05, 3.63) is 22.4 Å². The highest BCUT2D eigenvalue weighted by molar-refractivity contribution is 7.10. The van der Waals surface area contributed by atoms with Crippen LogP contribution in [0.5, 0.6) is 0 Å². The van der Waals surface area contributed by atoms with E-state index in [2.05, 4.69) is 53.6 Å². The lowest BCUT2D eigenvalue weighted by Gasteiger charge is -2.27. The summed E-state index contributed by atoms with van der Waals surface area (Å²) in [5, 5.41) is 2.08. The molecule has 1 aromatic heterocycles. The summed E-state index contributed by atoms with van der Waals surface area (Å²) in [6.45, 7) is 7.20. The molecule has 0 aromatic carbocycles. The van der Waals surface area contributed by atoms with Crippen LogP contribution in [0.25, 0.3) is 0 Å². The molecule has 0 bridgehead atoms. The van der Waals surface area contributed by atoms with Crippen LogP contribution in [0, 0.1) is 5.92 Å². The van der Waals surface area contributed by atoms with Gasteiger partial charge in [0.2, 0.25) is 5.96 Å². The predicted octanol–water partition coefficient (Wildman–Crippen LogP) is 2.22. The zero-order valence-corrected chi connectivity index (χ0v) is 11.8. The average Bonchev–Trinajstić information content (AvgIpc) is 2.81. The molecule has 17 heavy (non-hydrogen) atoms. The van der Waals surface area contributed by atoms with E-state index in [0.717, 1.165) is 12.5 Å². The van der Waals surface area contributed by atoms with Gasteiger partial charge in [0.05, 0.1) is 6.04 Å². The van der Waals surface area contributed by atoms with Gasteiger partial charge in [0, 0.05) is 18.5 Å². The fourth-order valence-corrected chi connectivity index (χ4v) is 2.26. The molecule has 0 aliphatic carbocycles. The fourth-order valence-electron chi connectivity index (χ4n) is 1.43. The lowest BCUT2D eigenvalue weighted by Crippen LogP contribution is -2.44. The number of nitrogens with two attached hydrogens (primary N) is 1. The molecule has 1 atom stereocenters. The van der Waals surface area contributed by atoms with Crippen molar-refractivity contribution in [2.75, 3.05) is 13.6 Å². The van der Waals surface area contributed by atoms with E-state index < -0.39 is 0 Å². The lowest BCUT2D eigenvalue weighted by molar-refractivity contribution is 0.391. The number of hydrazine groups is 1. The average molecular weight is 254 g/mol. The van der Waals surface area contributed by atoms with Crippen LogP contribution in [0.4, 0.5) is 0 Å². The van der Waals surface area contributed by atoms with Gasteiger partial charge in [0.25, 0.3) is 0 Å². The minimum atomic E-state index is 0.275. The Morgan fingerprint density at radius 2 is 2.24 bits per heavy atom. The number of nitrogens with zero attached hydrogens (tertiary/aromatic N) is 2. The van der Waals surface area contributed by atoms with Crippen molar-refractivity contribution < 1.29 is 0 Å². The van der Waals surface area contributed by atoms with Crippen LogP contribution in [0.1, 0.15) is 31.7 Å². The molecule has 0 amide bonds. The monoisotopic (exact) mass is 254 g/mol. The van der Waals surface area contributed by atoms with Gasteiger partial charge in [-0.3, -0.25) is 10.4 Å². The fraction of sp³-hybridized carbons (Fsp3) is 0.583. The molecule has 0 saturated carbocycles. The molecule has 0 aliphatic rings. The van der Waals surface area contributed by atoms with Crippen LogP contribution >= 0.6 is 11.3 Å². The molecule has 3 N–H and O–H groups in total. The second-order valence-corrected chi connectivity index (χ2v) is 5.48. The van der Waals surface area contributed by atoms with E-state index >= 15 is 0 Å². The molecule has 1 rings (SSSR count). The molecule has 0 fully saturated rings. The second-order valence-electron chi connectivity index (χ2n) is 4.50. The van der Waals surface area contributed by atoms with Crippen molar-refractivity contribution in [1.82, 2.24) is 10.3 Å². The van der Waals surface area contributed by atoms with Crippen LogP contribution in [0.3, 0.4) is 0 Å². The number of rotatable bonds is 4. The number of guanidine groups is 1. The predicted molar refractivity (Wildman–Crippen MR) is 75.0 cm³/mol. The Kier molecular flexibility index (Phi) is 5.44. The number of hydrogen-bond acceptors (Lipinski definition) is 3. The van der Waals surface area contributed by atoms with Crippen molar-refractivity contribution in [3.8, 4) is 0 Å². The lowest BCUT2D eigenvalue weighted by atomic mass is 10.2. The first kappa shape index (κ1) is 14.0. The standard InChI is InChI=1S/C12H22N4S/c1-9(2)8-14-12(15-13)16(4)10(3)11-6-5-7-17-11/h5-7,9-10H,8,13H2,1-4H3,(H,14,15). The smallest absolute Gasteiger partial charge is 0.208 e. The van der Waals surface area contributed by atoms with E-state index in [1.54, 1.807) is 11.3 Å². The normalized spacial score (nSPS) is 13.9. The Bertz CT molecular complexity index is 345. The van der Waals surface area contributed by atoms with Gasteiger partial charge in [-0.25, -0.2) is 5.84 Å². The Hall–Kier alpha value is -1.07. The SMILES string of the molecule is CC(C)CN=C(NN)N(C)C(C)c1cccs1. The van der Waals surface area contributed by atoms with E-state index in [0.29, 0.717) is 5.92 Å². The molecule has 5 heteroatoms. The highest BCUT2D eigenvalue weighted by atomic mass is 32.1. The molecular formula is C12H22N4S. The largest absolute Gasteiger partial charge is 0.337 e. The Morgan fingerprint density at radius 3 is 2.71 bits per heavy atom. The first-order valence-corrected chi connectivity index (χ1v) is 6.71. The first-order chi connectivity index (χ1) is 8.06. The third-order valence-corrected chi connectivity index (χ3v) is 3.65. The maximum atomic E-state index is 5.53. The van der Waals surface area contributed by atoms with Gasteiger partial charge in [0.1, 0.15) is 0 Å². The molecule has 1 aromatic rings. The van der Waals surface area contributed by atoms with Crippen LogP contribution in [-0.2, 0) is 0 Å². The maximum Gasteiger partial charge on any atom is 0.208 e. The van der Waals surface area contributed by atoms with Gasteiger partial charge >= 0.3 is 0 Å². The van der Waals surface area contributed by atoms with Crippen LogP contribution in [0.15, 0.2) is 22.5 Å². The summed E-state index contributed by atoms with van der Waals surface area (Å²) in [6, 6.07) is 4.46. The highest BCUT2D eigenvalue weighted by Crippen LogP contribution is 2.23. The molecule has 0 radical (unpaired) electrons. The van der Waals surface area contributed by atoms with E-state index in [1.807, 2.05) is 7.05 Å². The molecule has 1 unspecified atom stereocenters. The van der Waals surface area contributed by atoms with Crippen molar-refractivity contribution in [2.24, 2.45) is 16.8 Å². The molecule has 0 saturated heterocycles. The van der Waals surface area contributed by atoms with E-state index in [9.17, 15) is 0 Å². The van der Waals surface area contributed by atoms with E-state index in [-0.39, 0.29) is 6.04 Å². The topological polar surface area (TPSA) is 53.6 Å². The quantitative estimate of drug-likeness (QED) is 0.375. The molecule has 0 spiro atoms. The van der Waals surface area contributed by atoms with Crippen molar-refractivity contribution in [1.29, 1.82) is 0 Å². The summed E-state index contributed by atoms with van der Waals surface area (Å²) in [5.41, 5.74) is 2.68. The third-order valence-electron chi connectivity index (χ3n) is 2.61. The Morgan fingerprint density at radius 1 is 1.53 bits per heavy atom. The van der Waals surface area contributed by atoms with Gasteiger partial charge < -0.3 is 4.90 Å². The number of aliphatic imine (C=N–C) groups is 1. The third kappa shape index (κ3) is 4.02. The Balaban J connectivity index is 2.72. The van der Waals surface area contributed by atoms with Gasteiger partial charge in [-0.1, -0.05) is 19.9 Å². The molecule has 0 aliphatic heterocycles. The number of thiophene rings is 1. The van der Waals surface area contributed by atoms with Gasteiger partial charge in [-0.05, 0) is 24.3 Å². The first-order valence-electron chi connectivity index (χ1n) is 5.83. The second kappa shape index (κ2) is 6.61. The zero-order chi connectivity index (χ0) is 12.8. The molecule has 96 valence electrons. The molecule has 4 nitrogen and oxygen atoms in total. The Labute approximate surface area is 108 Å². The summed E-state index contributed by atoms with van der Waals surface area (Å²) >= 11 is 1.75. The van der Waals surface area contributed by atoms with Crippen LogP contribution in [-0.4, -0.2) is 24.5 Å².